The summed E-state index contributed by atoms with van der Waals surface area (Å²) >= 11 is 7.69. The highest BCUT2D eigenvalue weighted by atomic mass is 35.5. The van der Waals surface area contributed by atoms with Crippen LogP contribution in [-0.4, -0.2) is 55.6 Å². The maximum Gasteiger partial charge on any atom is 0.247 e. The maximum absolute atomic E-state index is 12.6. The van der Waals surface area contributed by atoms with Crippen molar-refractivity contribution in [1.29, 1.82) is 0 Å². The lowest BCUT2D eigenvalue weighted by Crippen LogP contribution is -2.70. The maximum atomic E-state index is 12.6. The highest BCUT2D eigenvalue weighted by Gasteiger charge is 2.53. The first kappa shape index (κ1) is 24.2. The van der Waals surface area contributed by atoms with E-state index in [1.165, 1.54) is 26.2 Å². The molecule has 33 heavy (non-hydrogen) atoms. The molecule has 0 amide bonds. The Kier molecular flexibility index (Phi) is 6.58. The summed E-state index contributed by atoms with van der Waals surface area (Å²) in [5.41, 5.74) is -0.374. The largest absolute Gasteiger partial charge is 0.504 e. The number of phenols is 1. The number of sulfonamides is 1. The van der Waals surface area contributed by atoms with Gasteiger partial charge in [0.05, 0.1) is 16.2 Å². The monoisotopic (exact) mass is 511 g/mol. The molecular weight excluding hydrogens is 486 g/mol. The van der Waals surface area contributed by atoms with Crippen molar-refractivity contribution in [2.75, 3.05) is 19.4 Å². The van der Waals surface area contributed by atoms with E-state index >= 15 is 0 Å². The summed E-state index contributed by atoms with van der Waals surface area (Å²) in [5, 5.41) is 18.9. The van der Waals surface area contributed by atoms with Crippen LogP contribution in [0.25, 0.3) is 0 Å². The minimum Gasteiger partial charge on any atom is -0.504 e. The number of benzene rings is 1. The Hall–Kier alpha value is -1.98. The number of phenolic OH excluding ortho intramolecular Hbond substituents is 1. The quantitative estimate of drug-likeness (QED) is 0.386. The van der Waals surface area contributed by atoms with Crippen molar-refractivity contribution < 1.29 is 23.1 Å². The summed E-state index contributed by atoms with van der Waals surface area (Å²) in [6.07, 6.45) is 4.87. The Morgan fingerprint density at radius 3 is 2.36 bits per heavy atom. The van der Waals surface area contributed by atoms with Crippen LogP contribution in [0.15, 0.2) is 34.5 Å². The SMILES string of the molecule is CN(C)S(=O)(=O)c1c(Cl)ccc(NC2C(=O)C(=O)C2NC2(c3cccs3)CCCCC2)c1O. The van der Waals surface area contributed by atoms with Crippen molar-refractivity contribution in [1.82, 2.24) is 9.62 Å². The van der Waals surface area contributed by atoms with E-state index in [9.17, 15) is 23.1 Å². The van der Waals surface area contributed by atoms with Crippen molar-refractivity contribution >= 4 is 50.2 Å². The summed E-state index contributed by atoms with van der Waals surface area (Å²) in [4.78, 5) is 25.7. The van der Waals surface area contributed by atoms with Crippen LogP contribution >= 0.6 is 22.9 Å². The van der Waals surface area contributed by atoms with Crippen LogP contribution in [0.2, 0.25) is 5.02 Å². The number of rotatable bonds is 7. The summed E-state index contributed by atoms with van der Waals surface area (Å²) < 4.78 is 26.2. The molecular formula is C22H26ClN3O5S2. The average Bonchev–Trinajstić information content (AvgIpc) is 3.33. The summed E-state index contributed by atoms with van der Waals surface area (Å²) in [7, 11) is -1.39. The standard InChI is InChI=1S/C22H26ClN3O5S2/c1-26(2)33(30,31)21-13(23)8-9-14(18(21)27)24-16-17(20(29)19(16)28)25-22(10-4-3-5-11-22)15-7-6-12-32-15/h6-9,12,16-17,24-25,27H,3-5,10-11H2,1-2H3. The molecule has 0 radical (unpaired) electrons. The van der Waals surface area contributed by atoms with Crippen molar-refractivity contribution in [3.8, 4) is 5.75 Å². The summed E-state index contributed by atoms with van der Waals surface area (Å²) in [6, 6.07) is 5.02. The molecule has 2 unspecified atom stereocenters. The van der Waals surface area contributed by atoms with E-state index in [-0.39, 0.29) is 10.7 Å². The van der Waals surface area contributed by atoms with Gasteiger partial charge in [0.15, 0.2) is 5.75 Å². The molecule has 3 N–H and O–H groups in total. The fraction of sp³-hybridized carbons (Fsp3) is 0.455. The third kappa shape index (κ3) is 4.19. The van der Waals surface area contributed by atoms with Crippen molar-refractivity contribution in [2.45, 2.75) is 54.6 Å². The highest BCUT2D eigenvalue weighted by molar-refractivity contribution is 7.89. The molecule has 2 aliphatic carbocycles. The lowest BCUT2D eigenvalue weighted by atomic mass is 9.75. The molecule has 0 bridgehead atoms. The molecule has 2 saturated carbocycles. The van der Waals surface area contributed by atoms with Crippen LogP contribution in [0.3, 0.4) is 0 Å². The molecule has 1 aromatic heterocycles. The Bertz CT molecular complexity index is 1170. The number of halogens is 1. The molecule has 0 spiro atoms. The van der Waals surface area contributed by atoms with Crippen LogP contribution in [0.5, 0.6) is 5.75 Å². The van der Waals surface area contributed by atoms with Gasteiger partial charge >= 0.3 is 0 Å². The van der Waals surface area contributed by atoms with E-state index in [1.807, 2.05) is 17.5 Å². The highest BCUT2D eigenvalue weighted by Crippen LogP contribution is 2.42. The molecule has 2 aliphatic rings. The van der Waals surface area contributed by atoms with Crippen molar-refractivity contribution in [2.24, 2.45) is 0 Å². The smallest absolute Gasteiger partial charge is 0.247 e. The zero-order valence-electron chi connectivity index (χ0n) is 18.3. The molecule has 2 atom stereocenters. The van der Waals surface area contributed by atoms with Gasteiger partial charge in [-0.3, -0.25) is 14.9 Å². The van der Waals surface area contributed by atoms with Crippen molar-refractivity contribution in [3.63, 3.8) is 0 Å². The minimum atomic E-state index is -4.04. The molecule has 2 fully saturated rings. The van der Waals surface area contributed by atoms with Gasteiger partial charge in [0, 0.05) is 19.0 Å². The van der Waals surface area contributed by atoms with Crippen LogP contribution < -0.4 is 10.6 Å². The van der Waals surface area contributed by atoms with Gasteiger partial charge in [0.2, 0.25) is 21.6 Å². The van der Waals surface area contributed by atoms with Gasteiger partial charge in [-0.2, -0.15) is 0 Å². The number of hydrogen-bond donors (Lipinski definition) is 3. The molecule has 0 saturated heterocycles. The second kappa shape index (κ2) is 8.99. The molecule has 1 heterocycles. The zero-order chi connectivity index (χ0) is 24.0. The van der Waals surface area contributed by atoms with E-state index in [4.69, 9.17) is 11.6 Å². The fourth-order valence-corrected chi connectivity index (χ4v) is 6.96. The second-order valence-corrected chi connectivity index (χ2v) is 12.1. The number of anilines is 1. The molecule has 11 heteroatoms. The first-order valence-electron chi connectivity index (χ1n) is 10.7. The van der Waals surface area contributed by atoms with Gasteiger partial charge < -0.3 is 10.4 Å². The molecule has 8 nitrogen and oxygen atoms in total. The predicted octanol–water partition coefficient (Wildman–Crippen LogP) is 3.11. The summed E-state index contributed by atoms with van der Waals surface area (Å²) in [6.45, 7) is 0. The number of hydrogen-bond acceptors (Lipinski definition) is 8. The normalized spacial score (nSPS) is 22.9. The van der Waals surface area contributed by atoms with Crippen LogP contribution in [-0.2, 0) is 25.2 Å². The molecule has 1 aromatic carbocycles. The van der Waals surface area contributed by atoms with E-state index in [0.717, 1.165) is 41.3 Å². The number of Topliss-reactive ketones (excluding diaryl/α,β-unsaturated/α-hetero) is 2. The third-order valence-corrected chi connectivity index (χ3v) is 9.80. The Labute approximate surface area is 202 Å². The number of aromatic hydroxyl groups is 1. The van der Waals surface area contributed by atoms with Gasteiger partial charge in [0.1, 0.15) is 17.0 Å². The van der Waals surface area contributed by atoms with Gasteiger partial charge in [-0.1, -0.05) is 36.9 Å². The number of nitrogens with one attached hydrogen (secondary N) is 2. The molecule has 0 aliphatic heterocycles. The Morgan fingerprint density at radius 2 is 1.76 bits per heavy atom. The van der Waals surface area contributed by atoms with Gasteiger partial charge in [-0.05, 0) is 36.4 Å². The predicted molar refractivity (Wildman–Crippen MR) is 127 cm³/mol. The third-order valence-electron chi connectivity index (χ3n) is 6.41. The topological polar surface area (TPSA) is 116 Å². The lowest BCUT2D eigenvalue weighted by Gasteiger charge is -2.45. The van der Waals surface area contributed by atoms with E-state index < -0.39 is 49.9 Å². The number of carbonyl (C=O) groups is 2. The first-order valence-corrected chi connectivity index (χ1v) is 13.4. The first-order chi connectivity index (χ1) is 15.6. The van der Waals surface area contributed by atoms with Gasteiger partial charge in [-0.15, -0.1) is 11.3 Å². The minimum absolute atomic E-state index is 0.0197. The lowest BCUT2D eigenvalue weighted by molar-refractivity contribution is -0.146. The van der Waals surface area contributed by atoms with E-state index in [1.54, 1.807) is 11.3 Å². The Balaban J connectivity index is 1.64. The van der Waals surface area contributed by atoms with Crippen LogP contribution in [0, 0.1) is 0 Å². The van der Waals surface area contributed by atoms with Crippen LogP contribution in [0.1, 0.15) is 37.0 Å². The zero-order valence-corrected chi connectivity index (χ0v) is 20.7. The molecule has 2 aromatic rings. The number of nitrogens with zero attached hydrogens (tertiary/aromatic N) is 1. The number of carbonyl (C=O) groups excluding carboxylic acids is 2. The van der Waals surface area contributed by atoms with Crippen LogP contribution in [0.4, 0.5) is 5.69 Å². The van der Waals surface area contributed by atoms with E-state index in [0.29, 0.717) is 0 Å². The average molecular weight is 512 g/mol. The molecule has 4 rings (SSSR count). The number of ketones is 2. The van der Waals surface area contributed by atoms with E-state index in [2.05, 4.69) is 10.6 Å². The van der Waals surface area contributed by atoms with Crippen molar-refractivity contribution in [3.05, 3.63) is 39.5 Å². The van der Waals surface area contributed by atoms with Gasteiger partial charge in [-0.25, -0.2) is 12.7 Å². The summed E-state index contributed by atoms with van der Waals surface area (Å²) in [5.74, 6) is -1.73. The number of thiophene rings is 1. The van der Waals surface area contributed by atoms with Gasteiger partial charge in [0.25, 0.3) is 0 Å². The molecule has 178 valence electrons. The Morgan fingerprint density at radius 1 is 1.09 bits per heavy atom. The second-order valence-electron chi connectivity index (χ2n) is 8.65. The fourth-order valence-electron chi connectivity index (χ4n) is 4.54.